The zero-order chi connectivity index (χ0) is 19.3. The molecule has 0 radical (unpaired) electrons. The fourth-order valence-corrected chi connectivity index (χ4v) is 4.16. The molecule has 1 aromatic carbocycles. The third-order valence-electron chi connectivity index (χ3n) is 5.98. The smallest absolute Gasteiger partial charge is 0.316 e. The molecule has 1 atom stereocenters. The summed E-state index contributed by atoms with van der Waals surface area (Å²) >= 11 is 6.16. The number of nitrogens with one attached hydrogen (secondary N) is 2. The van der Waals surface area contributed by atoms with E-state index >= 15 is 0 Å². The molecule has 3 heterocycles. The summed E-state index contributed by atoms with van der Waals surface area (Å²) in [6, 6.07) is 5.26. The predicted octanol–water partition coefficient (Wildman–Crippen LogP) is 3.47. The van der Waals surface area contributed by atoms with Crippen molar-refractivity contribution < 1.29 is 9.21 Å². The van der Waals surface area contributed by atoms with Gasteiger partial charge in [-0.25, -0.2) is 0 Å². The molecule has 1 aliphatic carbocycles. The quantitative estimate of drug-likeness (QED) is 0.695. The standard InChI is InChI=1S/C19H21ClN6O2/c1-11(17(27)26-9-7-19(5-6-19)8-10-26)21-18-25-24-16(28-18)15-12-3-2-4-13(20)14(12)22-23-15/h2-4,11H,5-10H2,1H3,(H,21,25)(H,22,23)/t11-/m0/s1. The Morgan fingerprint density at radius 1 is 1.29 bits per heavy atom. The maximum Gasteiger partial charge on any atom is 0.316 e. The molecule has 1 spiro atoms. The zero-order valence-corrected chi connectivity index (χ0v) is 16.3. The van der Waals surface area contributed by atoms with Crippen molar-refractivity contribution in [2.24, 2.45) is 5.41 Å². The SMILES string of the molecule is C[C@H](Nc1nnc(-c2[nH]nc3c(Cl)cccc23)o1)C(=O)N1CCC2(CC1)CC2. The van der Waals surface area contributed by atoms with Crippen LogP contribution in [0.2, 0.25) is 5.02 Å². The number of hydrogen-bond acceptors (Lipinski definition) is 6. The van der Waals surface area contributed by atoms with Crippen molar-refractivity contribution in [3.8, 4) is 11.6 Å². The molecule has 1 amide bonds. The number of carbonyl (C=O) groups excluding carboxylic acids is 1. The van der Waals surface area contributed by atoms with E-state index in [0.29, 0.717) is 27.5 Å². The van der Waals surface area contributed by atoms with Gasteiger partial charge in [-0.05, 0) is 44.1 Å². The van der Waals surface area contributed by atoms with E-state index in [1.54, 1.807) is 6.07 Å². The third-order valence-corrected chi connectivity index (χ3v) is 6.28. The van der Waals surface area contributed by atoms with Crippen LogP contribution in [0.15, 0.2) is 22.6 Å². The van der Waals surface area contributed by atoms with Gasteiger partial charge in [0, 0.05) is 18.5 Å². The molecule has 28 heavy (non-hydrogen) atoms. The highest BCUT2D eigenvalue weighted by atomic mass is 35.5. The van der Waals surface area contributed by atoms with Crippen LogP contribution in [0.5, 0.6) is 0 Å². The number of likely N-dealkylation sites (tertiary alicyclic amines) is 1. The summed E-state index contributed by atoms with van der Waals surface area (Å²) in [4.78, 5) is 14.7. The first-order chi connectivity index (χ1) is 13.5. The molecule has 2 aromatic heterocycles. The van der Waals surface area contributed by atoms with Crippen molar-refractivity contribution in [2.45, 2.75) is 38.6 Å². The van der Waals surface area contributed by atoms with Crippen LogP contribution >= 0.6 is 11.6 Å². The van der Waals surface area contributed by atoms with Gasteiger partial charge < -0.3 is 14.6 Å². The molecule has 5 rings (SSSR count). The summed E-state index contributed by atoms with van der Waals surface area (Å²) in [6.07, 6.45) is 4.87. The van der Waals surface area contributed by atoms with Crippen molar-refractivity contribution >= 4 is 34.4 Å². The Morgan fingerprint density at radius 3 is 2.82 bits per heavy atom. The highest BCUT2D eigenvalue weighted by molar-refractivity contribution is 6.35. The average molecular weight is 401 g/mol. The lowest BCUT2D eigenvalue weighted by molar-refractivity contribution is -0.133. The van der Waals surface area contributed by atoms with Crippen LogP contribution < -0.4 is 5.32 Å². The first kappa shape index (κ1) is 17.5. The minimum absolute atomic E-state index is 0.0639. The Bertz CT molecular complexity index is 1030. The van der Waals surface area contributed by atoms with E-state index in [2.05, 4.69) is 25.7 Å². The minimum Gasteiger partial charge on any atom is -0.402 e. The molecule has 2 N–H and O–H groups in total. The number of H-pyrrole nitrogens is 1. The zero-order valence-electron chi connectivity index (χ0n) is 15.5. The van der Waals surface area contributed by atoms with E-state index in [9.17, 15) is 4.79 Å². The largest absolute Gasteiger partial charge is 0.402 e. The number of nitrogens with zero attached hydrogens (tertiary/aromatic N) is 4. The highest BCUT2D eigenvalue weighted by Crippen LogP contribution is 2.53. The summed E-state index contributed by atoms with van der Waals surface area (Å²) in [5.74, 6) is 0.356. The number of piperidine rings is 1. The molecule has 2 aliphatic rings. The van der Waals surface area contributed by atoms with E-state index in [1.807, 2.05) is 24.0 Å². The van der Waals surface area contributed by atoms with Gasteiger partial charge in [-0.15, -0.1) is 5.10 Å². The molecule has 1 saturated carbocycles. The van der Waals surface area contributed by atoms with Crippen LogP contribution in [-0.4, -0.2) is 50.3 Å². The van der Waals surface area contributed by atoms with E-state index in [1.165, 1.54) is 12.8 Å². The molecule has 3 aromatic rings. The van der Waals surface area contributed by atoms with Gasteiger partial charge in [0.05, 0.1) is 5.02 Å². The average Bonchev–Trinajstić information content (AvgIpc) is 3.10. The first-order valence-corrected chi connectivity index (χ1v) is 9.94. The van der Waals surface area contributed by atoms with Gasteiger partial charge in [-0.2, -0.15) is 5.10 Å². The van der Waals surface area contributed by atoms with Crippen LogP contribution in [-0.2, 0) is 4.79 Å². The normalized spacial score (nSPS) is 19.1. The number of carbonyl (C=O) groups is 1. The van der Waals surface area contributed by atoms with Gasteiger partial charge in [0.25, 0.3) is 5.89 Å². The summed E-state index contributed by atoms with van der Waals surface area (Å²) < 4.78 is 5.71. The number of aromatic nitrogens is 4. The van der Waals surface area contributed by atoms with Crippen LogP contribution in [0.1, 0.15) is 32.6 Å². The number of para-hydroxylation sites is 1. The highest BCUT2D eigenvalue weighted by Gasteiger charge is 2.45. The first-order valence-electron chi connectivity index (χ1n) is 9.56. The molecule has 8 nitrogen and oxygen atoms in total. The molecular formula is C19H21ClN6O2. The number of fused-ring (bicyclic) bond motifs is 1. The summed E-state index contributed by atoms with van der Waals surface area (Å²) in [5, 5.41) is 19.6. The second-order valence-corrected chi connectivity index (χ2v) is 8.25. The van der Waals surface area contributed by atoms with E-state index in [4.69, 9.17) is 16.0 Å². The van der Waals surface area contributed by atoms with Crippen molar-refractivity contribution in [2.75, 3.05) is 18.4 Å². The Balaban J connectivity index is 1.28. The Labute approximate surface area is 166 Å². The number of hydrogen-bond donors (Lipinski definition) is 2. The number of benzene rings is 1. The van der Waals surface area contributed by atoms with Gasteiger partial charge in [0.15, 0.2) is 0 Å². The lowest BCUT2D eigenvalue weighted by atomic mass is 9.93. The molecule has 1 aliphatic heterocycles. The Morgan fingerprint density at radius 2 is 2.07 bits per heavy atom. The Hall–Kier alpha value is -2.61. The number of amides is 1. The van der Waals surface area contributed by atoms with Crippen molar-refractivity contribution in [1.29, 1.82) is 0 Å². The van der Waals surface area contributed by atoms with Crippen LogP contribution in [0.4, 0.5) is 6.01 Å². The fourth-order valence-electron chi connectivity index (χ4n) is 3.95. The van der Waals surface area contributed by atoms with Gasteiger partial charge in [0.1, 0.15) is 17.3 Å². The maximum absolute atomic E-state index is 12.7. The fraction of sp³-hybridized carbons (Fsp3) is 0.474. The van der Waals surface area contributed by atoms with Crippen molar-refractivity contribution in [3.63, 3.8) is 0 Å². The predicted molar refractivity (Wildman–Crippen MR) is 105 cm³/mol. The van der Waals surface area contributed by atoms with Crippen LogP contribution in [0, 0.1) is 5.41 Å². The number of rotatable bonds is 4. The monoisotopic (exact) mass is 400 g/mol. The number of aromatic amines is 1. The van der Waals surface area contributed by atoms with E-state index in [0.717, 1.165) is 31.3 Å². The lowest BCUT2D eigenvalue weighted by Gasteiger charge is -2.33. The van der Waals surface area contributed by atoms with Gasteiger partial charge >= 0.3 is 6.01 Å². The summed E-state index contributed by atoms with van der Waals surface area (Å²) in [6.45, 7) is 3.49. The lowest BCUT2D eigenvalue weighted by Crippen LogP contribution is -2.45. The summed E-state index contributed by atoms with van der Waals surface area (Å²) in [7, 11) is 0. The molecule has 9 heteroatoms. The molecule has 2 fully saturated rings. The van der Waals surface area contributed by atoms with E-state index in [-0.39, 0.29) is 11.9 Å². The number of anilines is 1. The summed E-state index contributed by atoms with van der Waals surface area (Å²) in [5.41, 5.74) is 1.79. The van der Waals surface area contributed by atoms with E-state index < -0.39 is 6.04 Å². The van der Waals surface area contributed by atoms with Crippen LogP contribution in [0.25, 0.3) is 22.5 Å². The second-order valence-electron chi connectivity index (χ2n) is 7.84. The maximum atomic E-state index is 12.7. The number of halogens is 1. The second kappa shape index (κ2) is 6.48. The molecule has 146 valence electrons. The molecule has 0 bridgehead atoms. The van der Waals surface area contributed by atoms with Gasteiger partial charge in [0.2, 0.25) is 5.91 Å². The Kier molecular flexibility index (Phi) is 4.04. The van der Waals surface area contributed by atoms with Gasteiger partial charge in [-0.3, -0.25) is 9.89 Å². The topological polar surface area (TPSA) is 99.9 Å². The molecule has 1 saturated heterocycles. The van der Waals surface area contributed by atoms with Crippen molar-refractivity contribution in [1.82, 2.24) is 25.3 Å². The molecule has 0 unspecified atom stereocenters. The van der Waals surface area contributed by atoms with Gasteiger partial charge in [-0.1, -0.05) is 28.8 Å². The van der Waals surface area contributed by atoms with Crippen molar-refractivity contribution in [3.05, 3.63) is 23.2 Å². The molecular weight excluding hydrogens is 380 g/mol. The van der Waals surface area contributed by atoms with Crippen LogP contribution in [0.3, 0.4) is 0 Å². The third kappa shape index (κ3) is 3.01. The minimum atomic E-state index is -0.436.